The van der Waals surface area contributed by atoms with E-state index in [4.69, 9.17) is 28.6 Å². The molecule has 60 valence electrons. The number of halogens is 2. The van der Waals surface area contributed by atoms with Gasteiger partial charge in [-0.2, -0.15) is 5.26 Å². The van der Waals surface area contributed by atoms with Gasteiger partial charge in [0.2, 0.25) is 0 Å². The molecule has 0 N–H and O–H groups in total. The maximum atomic E-state index is 10.7. The van der Waals surface area contributed by atoms with E-state index in [2.05, 4.69) is 0 Å². The first kappa shape index (κ1) is 10.4. The summed E-state index contributed by atoms with van der Waals surface area (Å²) in [6.07, 6.45) is 0. The SMILES string of the molecule is CC(=O)[N+](Cl)(CC#N)C(=O)Cl. The van der Waals surface area contributed by atoms with Crippen LogP contribution in [0.4, 0.5) is 4.79 Å². The van der Waals surface area contributed by atoms with Crippen molar-refractivity contribution in [1.82, 2.24) is 0 Å². The first-order chi connectivity index (χ1) is 4.95. The van der Waals surface area contributed by atoms with E-state index in [0.29, 0.717) is 0 Å². The van der Waals surface area contributed by atoms with Gasteiger partial charge in [-0.3, -0.25) is 0 Å². The topological polar surface area (TPSA) is 57.9 Å². The first-order valence-electron chi connectivity index (χ1n) is 2.61. The molecular formula is C5H5Cl2N2O2+. The first-order valence-corrected chi connectivity index (χ1v) is 3.32. The fourth-order valence-electron chi connectivity index (χ4n) is 0.395. The number of amides is 2. The van der Waals surface area contributed by atoms with Crippen LogP contribution >= 0.6 is 23.4 Å². The summed E-state index contributed by atoms with van der Waals surface area (Å²) in [7, 11) is 0. The van der Waals surface area contributed by atoms with Gasteiger partial charge in [0.25, 0.3) is 0 Å². The summed E-state index contributed by atoms with van der Waals surface area (Å²) in [6, 6.07) is 1.59. The second-order valence-corrected chi connectivity index (χ2v) is 2.71. The van der Waals surface area contributed by atoms with Gasteiger partial charge in [0.15, 0.2) is 18.3 Å². The maximum absolute atomic E-state index is 10.7. The molecular weight excluding hydrogens is 191 g/mol. The predicted octanol–water partition coefficient (Wildman–Crippen LogP) is 1.39. The molecule has 0 aliphatic rings. The minimum atomic E-state index is -1.20. The minimum Gasteiger partial charge on any atom is -0.229 e. The lowest BCUT2D eigenvalue weighted by molar-refractivity contribution is -0.631. The zero-order valence-corrected chi connectivity index (χ0v) is 7.19. The standard InChI is InChI=1S/C5H5Cl2N2O2/c1-4(10)9(7,3-2-8)5(6)11/h3H2,1H3/q+1. The van der Waals surface area contributed by atoms with Crippen molar-refractivity contribution >= 4 is 34.7 Å². The van der Waals surface area contributed by atoms with E-state index in [1.54, 1.807) is 6.07 Å². The van der Waals surface area contributed by atoms with Gasteiger partial charge in [0.05, 0.1) is 6.92 Å². The summed E-state index contributed by atoms with van der Waals surface area (Å²) in [4.78, 5) is 21.2. The summed E-state index contributed by atoms with van der Waals surface area (Å²) >= 11 is 10.4. The van der Waals surface area contributed by atoms with Crippen molar-refractivity contribution in [2.75, 3.05) is 6.54 Å². The van der Waals surface area contributed by atoms with Crippen LogP contribution in [0.1, 0.15) is 6.92 Å². The Hall–Kier alpha value is -0.630. The van der Waals surface area contributed by atoms with Gasteiger partial charge in [0.1, 0.15) is 6.07 Å². The molecule has 6 heteroatoms. The fourth-order valence-corrected chi connectivity index (χ4v) is 0.627. The molecule has 1 atom stereocenters. The zero-order valence-electron chi connectivity index (χ0n) is 5.67. The molecule has 0 bridgehead atoms. The molecule has 2 amide bonds. The fraction of sp³-hybridized carbons (Fsp3) is 0.400. The average molecular weight is 196 g/mol. The van der Waals surface area contributed by atoms with Crippen LogP contribution in [0.25, 0.3) is 0 Å². The summed E-state index contributed by atoms with van der Waals surface area (Å²) in [5, 5.41) is 7.12. The van der Waals surface area contributed by atoms with E-state index in [0.717, 1.165) is 6.92 Å². The molecule has 0 spiro atoms. The van der Waals surface area contributed by atoms with Crippen LogP contribution in [0.5, 0.6) is 0 Å². The molecule has 4 nitrogen and oxygen atoms in total. The van der Waals surface area contributed by atoms with E-state index in [1.807, 2.05) is 0 Å². The summed E-state index contributed by atoms with van der Waals surface area (Å²) < 4.78 is -1.20. The summed E-state index contributed by atoms with van der Waals surface area (Å²) in [5.74, 6) is -0.673. The van der Waals surface area contributed by atoms with E-state index in [1.165, 1.54) is 0 Å². The predicted molar refractivity (Wildman–Crippen MR) is 38.5 cm³/mol. The van der Waals surface area contributed by atoms with Crippen LogP contribution in [0.15, 0.2) is 0 Å². The van der Waals surface area contributed by atoms with Gasteiger partial charge in [0, 0.05) is 11.6 Å². The number of imide groups is 1. The highest BCUT2D eigenvalue weighted by atomic mass is 35.5. The van der Waals surface area contributed by atoms with Gasteiger partial charge in [-0.1, -0.05) is 4.00 Å². The molecule has 0 aliphatic heterocycles. The van der Waals surface area contributed by atoms with Gasteiger partial charge in [-0.05, 0) is 0 Å². The van der Waals surface area contributed by atoms with E-state index in [9.17, 15) is 9.59 Å². The minimum absolute atomic E-state index is 0.459. The molecule has 0 saturated heterocycles. The Morgan fingerprint density at radius 1 is 1.64 bits per heavy atom. The molecule has 0 saturated carbocycles. The summed E-state index contributed by atoms with van der Waals surface area (Å²) in [6.45, 7) is 0.629. The van der Waals surface area contributed by atoms with Crippen LogP contribution in [0, 0.1) is 11.3 Å². The molecule has 0 rings (SSSR count). The number of carbonyl (C=O) groups is 2. The third-order valence-electron chi connectivity index (χ3n) is 1.07. The number of hydrogen-bond donors (Lipinski definition) is 0. The number of hydrogen-bond acceptors (Lipinski definition) is 3. The molecule has 0 aromatic rings. The van der Waals surface area contributed by atoms with Crippen molar-refractivity contribution in [2.45, 2.75) is 6.92 Å². The van der Waals surface area contributed by atoms with Gasteiger partial charge in [-0.15, -0.1) is 0 Å². The van der Waals surface area contributed by atoms with Crippen molar-refractivity contribution in [3.63, 3.8) is 0 Å². The number of quaternary nitrogens is 1. The largest absolute Gasteiger partial charge is 0.438 e. The quantitative estimate of drug-likeness (QED) is 0.275. The Morgan fingerprint density at radius 3 is 2.18 bits per heavy atom. The molecule has 0 heterocycles. The van der Waals surface area contributed by atoms with Crippen LogP contribution in [-0.2, 0) is 4.79 Å². The van der Waals surface area contributed by atoms with Crippen LogP contribution in [-0.4, -0.2) is 21.8 Å². The lowest BCUT2D eigenvalue weighted by Gasteiger charge is -2.14. The van der Waals surface area contributed by atoms with Gasteiger partial charge >= 0.3 is 11.3 Å². The molecule has 0 fully saturated rings. The zero-order chi connectivity index (χ0) is 9.07. The highest BCUT2D eigenvalue weighted by Gasteiger charge is 2.40. The van der Waals surface area contributed by atoms with Crippen molar-refractivity contribution < 1.29 is 13.6 Å². The van der Waals surface area contributed by atoms with E-state index >= 15 is 0 Å². The third-order valence-corrected chi connectivity index (χ3v) is 1.95. The Labute approximate surface area is 73.6 Å². The van der Waals surface area contributed by atoms with Gasteiger partial charge < -0.3 is 0 Å². The van der Waals surface area contributed by atoms with E-state index < -0.39 is 21.8 Å². The Morgan fingerprint density at radius 2 is 2.09 bits per heavy atom. The normalized spacial score (nSPS) is 14.7. The molecule has 1 unspecified atom stereocenters. The highest BCUT2D eigenvalue weighted by Crippen LogP contribution is 2.16. The molecule has 0 radical (unpaired) electrons. The van der Waals surface area contributed by atoms with Crippen molar-refractivity contribution in [3.05, 3.63) is 0 Å². The lowest BCUT2D eigenvalue weighted by atomic mass is 10.5. The monoisotopic (exact) mass is 195 g/mol. The second kappa shape index (κ2) is 3.67. The summed E-state index contributed by atoms with van der Waals surface area (Å²) in [5.41, 5.74) is 0. The van der Waals surface area contributed by atoms with Crippen LogP contribution in [0.3, 0.4) is 0 Å². The van der Waals surface area contributed by atoms with Crippen molar-refractivity contribution in [2.24, 2.45) is 0 Å². The smallest absolute Gasteiger partial charge is 0.229 e. The number of carbonyl (C=O) groups excluding carboxylic acids is 2. The molecule has 11 heavy (non-hydrogen) atoms. The molecule has 0 aromatic heterocycles. The molecule has 0 aliphatic carbocycles. The Kier molecular flexibility index (Phi) is 3.46. The molecule has 0 aromatic carbocycles. The third kappa shape index (κ3) is 2.15. The Balaban J connectivity index is 4.70. The van der Waals surface area contributed by atoms with Crippen molar-refractivity contribution in [1.29, 1.82) is 5.26 Å². The van der Waals surface area contributed by atoms with Gasteiger partial charge in [-0.25, -0.2) is 9.59 Å². The number of rotatable bonds is 1. The van der Waals surface area contributed by atoms with Crippen LogP contribution in [0.2, 0.25) is 0 Å². The van der Waals surface area contributed by atoms with Crippen molar-refractivity contribution in [3.8, 4) is 6.07 Å². The second-order valence-electron chi connectivity index (χ2n) is 1.80. The number of nitriles is 1. The number of nitrogens with zero attached hydrogens (tertiary/aromatic N) is 2. The Bertz CT molecular complexity index is 219. The lowest BCUT2D eigenvalue weighted by Crippen LogP contribution is -2.44. The highest BCUT2D eigenvalue weighted by molar-refractivity contribution is 6.63. The maximum Gasteiger partial charge on any atom is 0.438 e. The van der Waals surface area contributed by atoms with Crippen LogP contribution < -0.4 is 0 Å². The van der Waals surface area contributed by atoms with E-state index in [-0.39, 0.29) is 0 Å². The average Bonchev–Trinajstić information content (AvgIpc) is 1.87.